The van der Waals surface area contributed by atoms with Gasteiger partial charge in [0.05, 0.1) is 0 Å². The summed E-state index contributed by atoms with van der Waals surface area (Å²) in [7, 11) is 0. The van der Waals surface area contributed by atoms with Crippen LogP contribution >= 0.6 is 0 Å². The van der Waals surface area contributed by atoms with Crippen molar-refractivity contribution in [1.29, 1.82) is 0 Å². The van der Waals surface area contributed by atoms with Crippen LogP contribution in [0.15, 0.2) is 0 Å². The van der Waals surface area contributed by atoms with Gasteiger partial charge in [-0.05, 0) is 0 Å². The van der Waals surface area contributed by atoms with Gasteiger partial charge in [0.2, 0.25) is 0 Å². The first-order valence-electron chi connectivity index (χ1n) is 2.05. The van der Waals surface area contributed by atoms with Crippen molar-refractivity contribution in [2.45, 2.75) is 18.1 Å². The van der Waals surface area contributed by atoms with Crippen molar-refractivity contribution in [2.24, 2.45) is 0 Å². The molecule has 1 nitrogen and oxygen atoms in total. The van der Waals surface area contributed by atoms with Gasteiger partial charge in [-0.1, -0.05) is 5.73 Å². The van der Waals surface area contributed by atoms with Crippen LogP contribution in [0.25, 0.3) is 0 Å². The average Bonchev–Trinajstić information content (AvgIpc) is 1.58. The van der Waals surface area contributed by atoms with Crippen molar-refractivity contribution in [2.75, 3.05) is 0 Å². The Morgan fingerprint density at radius 2 is 1.00 bits per heavy atom. The SMILES string of the molecule is [N]C(F)(F)C(F)(F)C(F)(F)F. The molecule has 8 heteroatoms. The second-order valence-corrected chi connectivity index (χ2v) is 1.61. The lowest BCUT2D eigenvalue weighted by Gasteiger charge is -2.22. The van der Waals surface area contributed by atoms with E-state index in [1.165, 1.54) is 0 Å². The Morgan fingerprint density at radius 3 is 1.00 bits per heavy atom. The molecule has 0 aliphatic heterocycles. The third-order valence-electron chi connectivity index (χ3n) is 0.734. The molecule has 0 bridgehead atoms. The lowest BCUT2D eigenvalue weighted by atomic mass is 10.3. The van der Waals surface area contributed by atoms with E-state index < -0.39 is 18.1 Å². The smallest absolute Gasteiger partial charge is 0.187 e. The van der Waals surface area contributed by atoms with Crippen LogP contribution in [-0.2, 0) is 0 Å². The zero-order chi connectivity index (χ0) is 9.50. The van der Waals surface area contributed by atoms with E-state index in [4.69, 9.17) is 5.73 Å². The van der Waals surface area contributed by atoms with Crippen molar-refractivity contribution in [3.63, 3.8) is 0 Å². The third-order valence-corrected chi connectivity index (χ3v) is 0.734. The van der Waals surface area contributed by atoms with Crippen molar-refractivity contribution in [1.82, 2.24) is 5.73 Å². The summed E-state index contributed by atoms with van der Waals surface area (Å²) in [4.78, 5) is 0. The summed E-state index contributed by atoms with van der Waals surface area (Å²) in [5.41, 5.74) is 7.08. The maximum absolute atomic E-state index is 11.3. The van der Waals surface area contributed by atoms with Crippen LogP contribution in [-0.4, -0.2) is 18.1 Å². The summed E-state index contributed by atoms with van der Waals surface area (Å²) in [6, 6.07) is -6.08. The fourth-order valence-corrected chi connectivity index (χ4v) is 0.171. The predicted molar refractivity (Wildman–Crippen MR) is 18.1 cm³/mol. The molecular formula is C3F7N. The first kappa shape index (κ1) is 10.5. The van der Waals surface area contributed by atoms with E-state index in [1.807, 2.05) is 0 Å². The highest BCUT2D eigenvalue weighted by Crippen LogP contribution is 2.44. The second-order valence-electron chi connectivity index (χ2n) is 1.61. The standard InChI is InChI=1S/C3F7N/c4-1(5,2(6,7)8)3(9,10)11. The fourth-order valence-electron chi connectivity index (χ4n) is 0.171. The van der Waals surface area contributed by atoms with Gasteiger partial charge < -0.3 is 0 Å². The lowest BCUT2D eigenvalue weighted by Crippen LogP contribution is -2.52. The van der Waals surface area contributed by atoms with Crippen LogP contribution < -0.4 is 5.73 Å². The van der Waals surface area contributed by atoms with E-state index in [0.29, 0.717) is 0 Å². The first-order valence-corrected chi connectivity index (χ1v) is 2.05. The van der Waals surface area contributed by atoms with Gasteiger partial charge in [0.15, 0.2) is 0 Å². The minimum Gasteiger partial charge on any atom is -0.187 e. The Bertz CT molecular complexity index is 125. The highest BCUT2D eigenvalue weighted by molar-refractivity contribution is 4.85. The van der Waals surface area contributed by atoms with Gasteiger partial charge in [-0.2, -0.15) is 30.7 Å². The summed E-state index contributed by atoms with van der Waals surface area (Å²) in [6.45, 7) is 0. The van der Waals surface area contributed by atoms with E-state index in [-0.39, 0.29) is 0 Å². The van der Waals surface area contributed by atoms with E-state index in [9.17, 15) is 30.7 Å². The zero-order valence-electron chi connectivity index (χ0n) is 4.59. The van der Waals surface area contributed by atoms with Crippen LogP contribution in [0, 0.1) is 0 Å². The van der Waals surface area contributed by atoms with Gasteiger partial charge in [-0.15, -0.1) is 0 Å². The van der Waals surface area contributed by atoms with Crippen LogP contribution in [0.3, 0.4) is 0 Å². The molecule has 0 N–H and O–H groups in total. The van der Waals surface area contributed by atoms with E-state index in [1.54, 1.807) is 0 Å². The largest absolute Gasteiger partial charge is 0.461 e. The van der Waals surface area contributed by atoms with Crippen molar-refractivity contribution >= 4 is 0 Å². The zero-order valence-corrected chi connectivity index (χ0v) is 4.59. The highest BCUT2D eigenvalue weighted by Gasteiger charge is 2.72. The number of rotatable bonds is 1. The summed E-state index contributed by atoms with van der Waals surface area (Å²) in [6.07, 6.45) is -6.45. The van der Waals surface area contributed by atoms with Crippen LogP contribution in [0.4, 0.5) is 30.7 Å². The molecule has 0 aromatic rings. The maximum atomic E-state index is 11.3. The van der Waals surface area contributed by atoms with Crippen LogP contribution in [0.1, 0.15) is 0 Å². The molecule has 0 atom stereocenters. The van der Waals surface area contributed by atoms with Gasteiger partial charge in [-0.25, -0.2) is 0 Å². The Kier molecular flexibility index (Phi) is 2.12. The van der Waals surface area contributed by atoms with E-state index in [0.717, 1.165) is 0 Å². The summed E-state index contributed by atoms with van der Waals surface area (Å²) in [5, 5.41) is 0. The number of hydrogen-bond donors (Lipinski definition) is 0. The number of alkyl halides is 7. The molecule has 0 saturated heterocycles. The van der Waals surface area contributed by atoms with Crippen molar-refractivity contribution in [3.8, 4) is 0 Å². The molecular weight excluding hydrogens is 183 g/mol. The Hall–Kier alpha value is -0.530. The first-order chi connectivity index (χ1) is 4.50. The molecule has 0 fully saturated rings. The Labute approximate surface area is 56.0 Å². The minimum atomic E-state index is -6.45. The number of halogens is 7. The van der Waals surface area contributed by atoms with Crippen LogP contribution in [0.2, 0.25) is 0 Å². The normalized spacial score (nSPS) is 15.3. The van der Waals surface area contributed by atoms with Crippen molar-refractivity contribution in [3.05, 3.63) is 0 Å². The molecule has 2 radical (unpaired) electrons. The molecule has 0 amide bonds. The minimum absolute atomic E-state index is 6.08. The number of nitrogens with zero attached hydrogens (tertiary/aromatic N) is 1. The maximum Gasteiger partial charge on any atom is 0.461 e. The lowest BCUT2D eigenvalue weighted by molar-refractivity contribution is -0.355. The fraction of sp³-hybridized carbons (Fsp3) is 1.00. The van der Waals surface area contributed by atoms with Gasteiger partial charge in [0, 0.05) is 0 Å². The molecule has 0 aliphatic rings. The molecule has 0 aliphatic carbocycles. The van der Waals surface area contributed by atoms with E-state index >= 15 is 0 Å². The van der Waals surface area contributed by atoms with Gasteiger partial charge in [-0.3, -0.25) is 0 Å². The quantitative estimate of drug-likeness (QED) is 0.437. The predicted octanol–water partition coefficient (Wildman–Crippen LogP) is 1.85. The monoisotopic (exact) mass is 183 g/mol. The topological polar surface area (TPSA) is 22.3 Å². The number of hydrogen-bond acceptors (Lipinski definition) is 0. The average molecular weight is 183 g/mol. The Morgan fingerprint density at radius 1 is 0.727 bits per heavy atom. The molecule has 0 aromatic carbocycles. The molecule has 0 spiro atoms. The molecule has 0 rings (SSSR count). The summed E-state index contributed by atoms with van der Waals surface area (Å²) in [5.74, 6) is -6.40. The molecule has 0 heterocycles. The Balaban J connectivity index is 4.75. The third kappa shape index (κ3) is 1.73. The second kappa shape index (κ2) is 2.23. The molecule has 0 saturated carbocycles. The highest BCUT2D eigenvalue weighted by atomic mass is 19.4. The van der Waals surface area contributed by atoms with Gasteiger partial charge >= 0.3 is 18.1 Å². The molecule has 0 aromatic heterocycles. The molecule has 66 valence electrons. The van der Waals surface area contributed by atoms with Gasteiger partial charge in [0.1, 0.15) is 0 Å². The van der Waals surface area contributed by atoms with Gasteiger partial charge in [0.25, 0.3) is 0 Å². The van der Waals surface area contributed by atoms with Crippen LogP contribution in [0.5, 0.6) is 0 Å². The van der Waals surface area contributed by atoms with E-state index in [2.05, 4.69) is 0 Å². The summed E-state index contributed by atoms with van der Waals surface area (Å²) < 4.78 is 77.6. The summed E-state index contributed by atoms with van der Waals surface area (Å²) >= 11 is 0. The molecule has 11 heavy (non-hydrogen) atoms. The molecule has 0 unspecified atom stereocenters. The van der Waals surface area contributed by atoms with Crippen molar-refractivity contribution < 1.29 is 30.7 Å².